The van der Waals surface area contributed by atoms with E-state index < -0.39 is 30.7 Å². The minimum Gasteiger partial charge on any atom is -0.390 e. The van der Waals surface area contributed by atoms with Gasteiger partial charge >= 0.3 is 0 Å². The van der Waals surface area contributed by atoms with Gasteiger partial charge in [0.2, 0.25) is 0 Å². The molecule has 1 aliphatic heterocycles. The second kappa shape index (κ2) is 5.79. The monoisotopic (exact) mass is 282 g/mol. The van der Waals surface area contributed by atoms with Gasteiger partial charge in [0.05, 0.1) is 6.10 Å². The first kappa shape index (κ1) is 15.4. The van der Waals surface area contributed by atoms with Crippen molar-refractivity contribution in [1.82, 2.24) is 0 Å². The van der Waals surface area contributed by atoms with Gasteiger partial charge in [0.15, 0.2) is 6.29 Å². The molecule has 1 aliphatic rings. The summed E-state index contributed by atoms with van der Waals surface area (Å²) in [6.45, 7) is 5.95. The first-order chi connectivity index (χ1) is 9.31. The van der Waals surface area contributed by atoms with Gasteiger partial charge in [-0.2, -0.15) is 0 Å². The Balaban J connectivity index is 2.15. The molecule has 112 valence electrons. The van der Waals surface area contributed by atoms with Gasteiger partial charge in [-0.1, -0.05) is 17.7 Å². The summed E-state index contributed by atoms with van der Waals surface area (Å²) in [6, 6.07) is 4.06. The lowest BCUT2D eigenvalue weighted by Gasteiger charge is -2.22. The molecule has 5 nitrogen and oxygen atoms in total. The van der Waals surface area contributed by atoms with Gasteiger partial charge in [-0.3, -0.25) is 0 Å². The molecule has 1 heterocycles. The number of hydrogen-bond donors (Lipinski definition) is 4. The Kier molecular flexibility index (Phi) is 4.46. The molecule has 0 spiro atoms. The van der Waals surface area contributed by atoms with E-state index in [4.69, 9.17) is 4.74 Å². The van der Waals surface area contributed by atoms with Crippen LogP contribution in [0.15, 0.2) is 12.1 Å². The van der Waals surface area contributed by atoms with Crippen LogP contribution in [0.1, 0.15) is 22.3 Å². The molecule has 0 bridgehead atoms. The molecular formula is C15H22O5. The highest BCUT2D eigenvalue weighted by molar-refractivity contribution is 5.38. The second-order valence-corrected chi connectivity index (χ2v) is 5.62. The van der Waals surface area contributed by atoms with Crippen molar-refractivity contribution in [2.24, 2.45) is 0 Å². The third-order valence-electron chi connectivity index (χ3n) is 3.91. The van der Waals surface area contributed by atoms with Crippen molar-refractivity contribution in [3.8, 4) is 0 Å². The van der Waals surface area contributed by atoms with Crippen LogP contribution in [-0.4, -0.2) is 51.1 Å². The number of rotatable bonds is 3. The lowest BCUT2D eigenvalue weighted by molar-refractivity contribution is -0.145. The van der Waals surface area contributed by atoms with E-state index in [-0.39, 0.29) is 0 Å². The van der Waals surface area contributed by atoms with Crippen LogP contribution in [0.2, 0.25) is 0 Å². The molecule has 20 heavy (non-hydrogen) atoms. The Hall–Kier alpha value is -0.980. The minimum absolute atomic E-state index is 0.305. The maximum atomic E-state index is 10.2. The maximum absolute atomic E-state index is 10.2. The summed E-state index contributed by atoms with van der Waals surface area (Å²) >= 11 is 0. The van der Waals surface area contributed by atoms with Crippen molar-refractivity contribution in [2.75, 3.05) is 0 Å². The second-order valence-electron chi connectivity index (χ2n) is 5.62. The predicted octanol–water partition coefficient (Wildman–Crippen LogP) is -0.0457. The Morgan fingerprint density at radius 3 is 2.05 bits per heavy atom. The molecule has 1 aromatic carbocycles. The summed E-state index contributed by atoms with van der Waals surface area (Å²) in [6.07, 6.45) is -5.79. The van der Waals surface area contributed by atoms with Gasteiger partial charge in [0.1, 0.15) is 18.3 Å². The first-order valence-electron chi connectivity index (χ1n) is 6.75. The average molecular weight is 282 g/mol. The molecule has 4 N–H and O–H groups in total. The molecule has 0 amide bonds. The van der Waals surface area contributed by atoms with Crippen molar-refractivity contribution >= 4 is 0 Å². The van der Waals surface area contributed by atoms with Gasteiger partial charge in [-0.25, -0.2) is 0 Å². The van der Waals surface area contributed by atoms with E-state index in [1.165, 1.54) is 0 Å². The lowest BCUT2D eigenvalue weighted by Crippen LogP contribution is -2.40. The fraction of sp³-hybridized carbons (Fsp3) is 0.600. The van der Waals surface area contributed by atoms with Crippen LogP contribution in [-0.2, 0) is 11.2 Å². The lowest BCUT2D eigenvalue weighted by atomic mass is 9.92. The van der Waals surface area contributed by atoms with Crippen molar-refractivity contribution in [1.29, 1.82) is 0 Å². The van der Waals surface area contributed by atoms with Crippen LogP contribution in [0.3, 0.4) is 0 Å². The van der Waals surface area contributed by atoms with E-state index in [2.05, 4.69) is 0 Å². The van der Waals surface area contributed by atoms with E-state index in [0.29, 0.717) is 6.42 Å². The molecule has 5 heteroatoms. The van der Waals surface area contributed by atoms with Gasteiger partial charge < -0.3 is 25.2 Å². The Labute approximate surface area is 118 Å². The van der Waals surface area contributed by atoms with Gasteiger partial charge in [0, 0.05) is 6.42 Å². The van der Waals surface area contributed by atoms with Crippen LogP contribution < -0.4 is 0 Å². The Bertz CT molecular complexity index is 464. The molecular weight excluding hydrogens is 260 g/mol. The topological polar surface area (TPSA) is 90.2 Å². The predicted molar refractivity (Wildman–Crippen MR) is 73.3 cm³/mol. The smallest absolute Gasteiger partial charge is 0.184 e. The third-order valence-corrected chi connectivity index (χ3v) is 3.91. The fourth-order valence-corrected chi connectivity index (χ4v) is 2.86. The van der Waals surface area contributed by atoms with E-state index in [1.54, 1.807) is 0 Å². The quantitative estimate of drug-likeness (QED) is 0.624. The summed E-state index contributed by atoms with van der Waals surface area (Å²) in [5.74, 6) is 0. The highest BCUT2D eigenvalue weighted by Gasteiger charge is 2.45. The number of hydrogen-bond acceptors (Lipinski definition) is 5. The summed E-state index contributed by atoms with van der Waals surface area (Å²) in [5.41, 5.74) is 4.28. The summed E-state index contributed by atoms with van der Waals surface area (Å²) in [7, 11) is 0. The molecule has 2 rings (SSSR count). The zero-order chi connectivity index (χ0) is 15.0. The number of aliphatic hydroxyl groups is 4. The van der Waals surface area contributed by atoms with Crippen LogP contribution in [0.5, 0.6) is 0 Å². The molecule has 1 fully saturated rings. The normalized spacial score (nSPS) is 31.6. The summed E-state index contributed by atoms with van der Waals surface area (Å²) in [4.78, 5) is 0. The molecule has 0 radical (unpaired) electrons. The van der Waals surface area contributed by atoms with Gasteiger partial charge in [-0.05, 0) is 37.5 Å². The summed E-state index contributed by atoms with van der Waals surface area (Å²) < 4.78 is 5.03. The third kappa shape index (κ3) is 2.87. The van der Waals surface area contributed by atoms with E-state index >= 15 is 0 Å². The maximum Gasteiger partial charge on any atom is 0.184 e. The molecule has 0 saturated carbocycles. The van der Waals surface area contributed by atoms with E-state index in [0.717, 1.165) is 22.3 Å². The fourth-order valence-electron chi connectivity index (χ4n) is 2.86. The number of benzene rings is 1. The van der Waals surface area contributed by atoms with Gasteiger partial charge in [0.25, 0.3) is 0 Å². The molecule has 5 unspecified atom stereocenters. The Morgan fingerprint density at radius 1 is 1.05 bits per heavy atom. The van der Waals surface area contributed by atoms with E-state index in [1.807, 2.05) is 32.9 Å². The molecule has 0 aliphatic carbocycles. The molecule has 5 atom stereocenters. The van der Waals surface area contributed by atoms with Crippen LogP contribution in [0, 0.1) is 20.8 Å². The number of aryl methyl sites for hydroxylation is 3. The minimum atomic E-state index is -1.45. The van der Waals surface area contributed by atoms with Crippen molar-refractivity contribution in [2.45, 2.75) is 57.9 Å². The van der Waals surface area contributed by atoms with Crippen molar-refractivity contribution < 1.29 is 25.2 Å². The van der Waals surface area contributed by atoms with Crippen molar-refractivity contribution in [3.05, 3.63) is 34.4 Å². The highest BCUT2D eigenvalue weighted by Crippen LogP contribution is 2.26. The van der Waals surface area contributed by atoms with Crippen LogP contribution in [0.4, 0.5) is 0 Å². The average Bonchev–Trinajstić information content (AvgIpc) is 2.61. The van der Waals surface area contributed by atoms with Crippen LogP contribution >= 0.6 is 0 Å². The number of ether oxygens (including phenoxy) is 1. The standard InChI is InChI=1S/C15H22O5/c1-7-4-8(2)10(9(3)5-7)6-11(16)14-12(17)13(18)15(19)20-14/h4-5,11-19H,6H2,1-3H3. The molecule has 1 aromatic rings. The number of aliphatic hydroxyl groups excluding tert-OH is 4. The largest absolute Gasteiger partial charge is 0.390 e. The molecule has 1 saturated heterocycles. The van der Waals surface area contributed by atoms with Crippen LogP contribution in [0.25, 0.3) is 0 Å². The van der Waals surface area contributed by atoms with E-state index in [9.17, 15) is 20.4 Å². The highest BCUT2D eigenvalue weighted by atomic mass is 16.6. The zero-order valence-electron chi connectivity index (χ0n) is 11.9. The summed E-state index contributed by atoms with van der Waals surface area (Å²) in [5, 5.41) is 38.8. The SMILES string of the molecule is Cc1cc(C)c(CC(O)C2OC(O)C(O)C2O)c(C)c1. The van der Waals surface area contributed by atoms with Gasteiger partial charge in [-0.15, -0.1) is 0 Å². The van der Waals surface area contributed by atoms with Crippen molar-refractivity contribution in [3.63, 3.8) is 0 Å². The molecule has 0 aromatic heterocycles. The first-order valence-corrected chi connectivity index (χ1v) is 6.75. The Morgan fingerprint density at radius 2 is 1.60 bits per heavy atom. The zero-order valence-corrected chi connectivity index (χ0v) is 11.9.